The maximum Gasteiger partial charge on any atom is 0.317 e. The van der Waals surface area contributed by atoms with Crippen LogP contribution in [0.1, 0.15) is 17.0 Å². The summed E-state index contributed by atoms with van der Waals surface area (Å²) in [7, 11) is 0. The summed E-state index contributed by atoms with van der Waals surface area (Å²) < 4.78 is 5.31. The molecule has 7 nitrogen and oxygen atoms in total. The molecule has 1 aliphatic heterocycles. The van der Waals surface area contributed by atoms with Crippen LogP contribution in [0.25, 0.3) is 0 Å². The first-order valence-electron chi connectivity index (χ1n) is 7.81. The molecule has 7 heteroatoms. The van der Waals surface area contributed by atoms with Crippen LogP contribution in [0.15, 0.2) is 64.0 Å². The first-order valence-corrected chi connectivity index (χ1v) is 7.81. The van der Waals surface area contributed by atoms with E-state index < -0.39 is 6.17 Å². The van der Waals surface area contributed by atoms with Gasteiger partial charge in [-0.15, -0.1) is 5.10 Å². The molecule has 0 fully saturated rings. The highest BCUT2D eigenvalue weighted by molar-refractivity contribution is 6.19. The van der Waals surface area contributed by atoms with Crippen molar-refractivity contribution in [3.05, 3.63) is 71.6 Å². The predicted octanol–water partition coefficient (Wildman–Crippen LogP) is 2.61. The molecule has 0 spiro atoms. The van der Waals surface area contributed by atoms with Gasteiger partial charge in [0.2, 0.25) is 12.1 Å². The van der Waals surface area contributed by atoms with Crippen LogP contribution >= 0.6 is 0 Å². The number of benzodiazepines with no additional fused rings is 1. The second-order valence-electron chi connectivity index (χ2n) is 5.55. The average Bonchev–Trinajstić information content (AvgIpc) is 2.98. The lowest BCUT2D eigenvalue weighted by molar-refractivity contribution is -0.116. The third-order valence-corrected chi connectivity index (χ3v) is 3.78. The van der Waals surface area contributed by atoms with Gasteiger partial charge in [-0.25, -0.2) is 4.99 Å². The SMILES string of the molecule is Cc1nnc(N[C@H]2N=C(c3ccccc3)c3ccccc3NC2=O)o1. The van der Waals surface area contributed by atoms with Crippen LogP contribution in [0.4, 0.5) is 11.7 Å². The lowest BCUT2D eigenvalue weighted by Gasteiger charge is -2.11. The molecular weight excluding hydrogens is 318 g/mol. The minimum Gasteiger partial charge on any atom is -0.408 e. The fourth-order valence-electron chi connectivity index (χ4n) is 2.65. The summed E-state index contributed by atoms with van der Waals surface area (Å²) >= 11 is 0. The van der Waals surface area contributed by atoms with Crippen LogP contribution in [0, 0.1) is 6.92 Å². The first-order chi connectivity index (χ1) is 12.2. The number of nitrogens with one attached hydrogen (secondary N) is 2. The van der Waals surface area contributed by atoms with E-state index in [1.54, 1.807) is 6.92 Å². The van der Waals surface area contributed by atoms with Crippen LogP contribution in [-0.2, 0) is 4.79 Å². The van der Waals surface area contributed by atoms with Crippen LogP contribution in [-0.4, -0.2) is 28.0 Å². The van der Waals surface area contributed by atoms with Crippen molar-refractivity contribution in [1.29, 1.82) is 0 Å². The van der Waals surface area contributed by atoms with Crippen molar-refractivity contribution < 1.29 is 9.21 Å². The van der Waals surface area contributed by atoms with Crippen LogP contribution in [0.5, 0.6) is 0 Å². The molecule has 0 saturated heterocycles. The predicted molar refractivity (Wildman–Crippen MR) is 93.6 cm³/mol. The Balaban J connectivity index is 1.80. The zero-order chi connectivity index (χ0) is 17.2. The van der Waals surface area contributed by atoms with E-state index in [1.807, 2.05) is 54.6 Å². The molecule has 0 saturated carbocycles. The Morgan fingerprint density at radius 1 is 1.04 bits per heavy atom. The fraction of sp³-hybridized carbons (Fsp3) is 0.111. The summed E-state index contributed by atoms with van der Waals surface area (Å²) in [5, 5.41) is 13.4. The molecule has 2 aromatic carbocycles. The number of hydrogen-bond acceptors (Lipinski definition) is 6. The highest BCUT2D eigenvalue weighted by Gasteiger charge is 2.26. The highest BCUT2D eigenvalue weighted by atomic mass is 16.4. The van der Waals surface area contributed by atoms with Gasteiger partial charge in [-0.1, -0.05) is 53.6 Å². The smallest absolute Gasteiger partial charge is 0.317 e. The minimum atomic E-state index is -0.887. The third kappa shape index (κ3) is 2.99. The molecule has 0 unspecified atom stereocenters. The number of para-hydroxylation sites is 1. The topological polar surface area (TPSA) is 92.4 Å². The van der Waals surface area contributed by atoms with Crippen LogP contribution in [0.3, 0.4) is 0 Å². The Kier molecular flexibility index (Phi) is 3.74. The molecule has 1 atom stereocenters. The Labute approximate surface area is 143 Å². The number of carbonyl (C=O) groups is 1. The molecule has 1 aromatic heterocycles. The van der Waals surface area contributed by atoms with Gasteiger partial charge in [-0.3, -0.25) is 4.79 Å². The average molecular weight is 333 g/mol. The highest BCUT2D eigenvalue weighted by Crippen LogP contribution is 2.24. The summed E-state index contributed by atoms with van der Waals surface area (Å²) in [5.41, 5.74) is 3.19. The molecule has 1 amide bonds. The minimum absolute atomic E-state index is 0.153. The Morgan fingerprint density at radius 3 is 2.56 bits per heavy atom. The van der Waals surface area contributed by atoms with E-state index in [4.69, 9.17) is 4.42 Å². The summed E-state index contributed by atoms with van der Waals surface area (Å²) in [6.45, 7) is 1.68. The second-order valence-corrected chi connectivity index (χ2v) is 5.55. The van der Waals surface area contributed by atoms with Crippen LogP contribution < -0.4 is 10.6 Å². The molecule has 2 heterocycles. The number of amides is 1. The molecule has 4 rings (SSSR count). The molecule has 0 aliphatic carbocycles. The number of anilines is 2. The zero-order valence-corrected chi connectivity index (χ0v) is 13.4. The van der Waals surface area contributed by atoms with Gasteiger partial charge in [-0.05, 0) is 6.07 Å². The van der Waals surface area contributed by atoms with Crippen molar-refractivity contribution in [3.63, 3.8) is 0 Å². The third-order valence-electron chi connectivity index (χ3n) is 3.78. The van der Waals surface area contributed by atoms with Crippen molar-refractivity contribution in [1.82, 2.24) is 10.2 Å². The van der Waals surface area contributed by atoms with E-state index in [1.165, 1.54) is 0 Å². The zero-order valence-electron chi connectivity index (χ0n) is 13.4. The number of aryl methyl sites for hydroxylation is 1. The van der Waals surface area contributed by atoms with Crippen molar-refractivity contribution in [3.8, 4) is 0 Å². The number of aromatic nitrogens is 2. The lowest BCUT2D eigenvalue weighted by Crippen LogP contribution is -2.32. The summed E-state index contributed by atoms with van der Waals surface area (Å²) in [6.07, 6.45) is -0.887. The van der Waals surface area contributed by atoms with Gasteiger partial charge < -0.3 is 15.1 Å². The van der Waals surface area contributed by atoms with Gasteiger partial charge in [0.05, 0.1) is 11.4 Å². The van der Waals surface area contributed by atoms with E-state index in [9.17, 15) is 4.79 Å². The molecule has 0 radical (unpaired) electrons. The maximum atomic E-state index is 12.6. The van der Waals surface area contributed by atoms with E-state index in [0.29, 0.717) is 17.3 Å². The molecular formula is C18H15N5O2. The molecule has 0 bridgehead atoms. The number of aliphatic imine (C=N–C) groups is 1. The van der Waals surface area contributed by atoms with Gasteiger partial charge >= 0.3 is 6.01 Å². The molecule has 124 valence electrons. The Bertz CT molecular complexity index is 949. The van der Waals surface area contributed by atoms with E-state index in [-0.39, 0.29) is 11.9 Å². The lowest BCUT2D eigenvalue weighted by atomic mass is 10.0. The Morgan fingerprint density at radius 2 is 1.80 bits per heavy atom. The number of rotatable bonds is 3. The van der Waals surface area contributed by atoms with E-state index >= 15 is 0 Å². The monoisotopic (exact) mass is 333 g/mol. The van der Waals surface area contributed by atoms with Gasteiger partial charge in [0.15, 0.2) is 0 Å². The van der Waals surface area contributed by atoms with E-state index in [2.05, 4.69) is 25.8 Å². The molecule has 25 heavy (non-hydrogen) atoms. The number of carbonyl (C=O) groups excluding carboxylic acids is 1. The van der Waals surface area contributed by atoms with Crippen molar-refractivity contribution in [2.45, 2.75) is 13.1 Å². The summed E-state index contributed by atoms with van der Waals surface area (Å²) in [6, 6.07) is 17.4. The van der Waals surface area contributed by atoms with Crippen molar-refractivity contribution >= 4 is 23.3 Å². The normalized spacial score (nSPS) is 16.4. The van der Waals surface area contributed by atoms with Gasteiger partial charge in [0.1, 0.15) is 0 Å². The van der Waals surface area contributed by atoms with Crippen molar-refractivity contribution in [2.24, 2.45) is 4.99 Å². The fourth-order valence-corrected chi connectivity index (χ4v) is 2.65. The Hall–Kier alpha value is -3.48. The van der Waals surface area contributed by atoms with E-state index in [0.717, 1.165) is 11.1 Å². The van der Waals surface area contributed by atoms with Crippen LogP contribution in [0.2, 0.25) is 0 Å². The number of benzene rings is 2. The summed E-state index contributed by atoms with van der Waals surface area (Å²) in [5.74, 6) is 0.112. The number of hydrogen-bond donors (Lipinski definition) is 2. The first kappa shape index (κ1) is 15.1. The van der Waals surface area contributed by atoms with Gasteiger partial charge in [0, 0.05) is 18.1 Å². The summed E-state index contributed by atoms with van der Waals surface area (Å²) in [4.78, 5) is 17.2. The number of fused-ring (bicyclic) bond motifs is 1. The van der Waals surface area contributed by atoms with Crippen molar-refractivity contribution in [2.75, 3.05) is 10.6 Å². The quantitative estimate of drug-likeness (QED) is 0.768. The van der Waals surface area contributed by atoms with Gasteiger partial charge in [-0.2, -0.15) is 0 Å². The second kappa shape index (κ2) is 6.20. The number of nitrogens with zero attached hydrogens (tertiary/aromatic N) is 3. The van der Waals surface area contributed by atoms with Gasteiger partial charge in [0.25, 0.3) is 5.91 Å². The molecule has 3 aromatic rings. The molecule has 1 aliphatic rings. The standard InChI is InChI=1S/C18H15N5O2/c1-11-22-23-18(25-11)21-16-17(24)19-14-10-6-5-9-13(14)15(20-16)12-7-3-2-4-8-12/h2-10,16H,1H3,(H,19,24)(H,21,23)/t16-/m1/s1. The maximum absolute atomic E-state index is 12.6. The largest absolute Gasteiger partial charge is 0.408 e. The molecule has 2 N–H and O–H groups in total.